The highest BCUT2D eigenvalue weighted by atomic mass is 16.5. The van der Waals surface area contributed by atoms with Gasteiger partial charge in [-0.2, -0.15) is 0 Å². The maximum atomic E-state index is 11.9. The van der Waals surface area contributed by atoms with Crippen LogP contribution >= 0.6 is 0 Å². The summed E-state index contributed by atoms with van der Waals surface area (Å²) in [6.45, 7) is 3.84. The van der Waals surface area contributed by atoms with Crippen molar-refractivity contribution in [3.05, 3.63) is 35.9 Å². The van der Waals surface area contributed by atoms with Gasteiger partial charge in [0.2, 0.25) is 5.91 Å². The van der Waals surface area contributed by atoms with Crippen molar-refractivity contribution in [2.75, 3.05) is 6.54 Å². The van der Waals surface area contributed by atoms with Crippen LogP contribution in [0.5, 0.6) is 0 Å². The second kappa shape index (κ2) is 5.21. The van der Waals surface area contributed by atoms with Crippen LogP contribution in [-0.4, -0.2) is 29.4 Å². The average Bonchev–Trinajstić information content (AvgIpc) is 2.69. The molecule has 0 unspecified atom stereocenters. The quantitative estimate of drug-likeness (QED) is 0.766. The van der Waals surface area contributed by atoms with Crippen molar-refractivity contribution >= 4 is 11.9 Å². The Hall–Kier alpha value is -1.84. The van der Waals surface area contributed by atoms with Gasteiger partial charge >= 0.3 is 5.97 Å². The maximum Gasteiger partial charge on any atom is 0.302 e. The lowest BCUT2D eigenvalue weighted by Crippen LogP contribution is -2.29. The zero-order chi connectivity index (χ0) is 13.1. The summed E-state index contributed by atoms with van der Waals surface area (Å²) in [5.41, 5.74) is 1.09. The molecule has 1 amide bonds. The minimum Gasteiger partial charge on any atom is -0.460 e. The van der Waals surface area contributed by atoms with Crippen LogP contribution in [0.4, 0.5) is 0 Å². The largest absolute Gasteiger partial charge is 0.460 e. The topological polar surface area (TPSA) is 46.6 Å². The normalized spacial score (nSPS) is 20.9. The Labute approximate surface area is 107 Å². The third-order valence-corrected chi connectivity index (χ3v) is 3.21. The highest BCUT2D eigenvalue weighted by Gasteiger charge is 2.34. The summed E-state index contributed by atoms with van der Waals surface area (Å²) in [6.07, 6.45) is -0.0160. The van der Waals surface area contributed by atoms with Gasteiger partial charge in [0, 0.05) is 6.92 Å². The predicted octanol–water partition coefficient (Wildman–Crippen LogP) is 1.91. The van der Waals surface area contributed by atoms with Crippen molar-refractivity contribution < 1.29 is 14.3 Å². The van der Waals surface area contributed by atoms with Gasteiger partial charge in [-0.1, -0.05) is 30.3 Å². The zero-order valence-electron chi connectivity index (χ0n) is 10.6. The van der Waals surface area contributed by atoms with Crippen molar-refractivity contribution in [3.63, 3.8) is 0 Å². The summed E-state index contributed by atoms with van der Waals surface area (Å²) in [4.78, 5) is 24.6. The smallest absolute Gasteiger partial charge is 0.302 e. The van der Waals surface area contributed by atoms with Gasteiger partial charge in [0.05, 0.1) is 19.0 Å². The predicted molar refractivity (Wildman–Crippen MR) is 66.7 cm³/mol. The van der Waals surface area contributed by atoms with E-state index in [9.17, 15) is 9.59 Å². The third-order valence-electron chi connectivity index (χ3n) is 3.21. The lowest BCUT2D eigenvalue weighted by Gasteiger charge is -2.24. The number of esters is 1. The van der Waals surface area contributed by atoms with Gasteiger partial charge < -0.3 is 9.64 Å². The van der Waals surface area contributed by atoms with E-state index in [-0.39, 0.29) is 30.4 Å². The molecule has 1 saturated heterocycles. The van der Waals surface area contributed by atoms with Gasteiger partial charge in [-0.25, -0.2) is 0 Å². The summed E-state index contributed by atoms with van der Waals surface area (Å²) in [7, 11) is 0. The fraction of sp³-hybridized carbons (Fsp3) is 0.429. The molecular weight excluding hydrogens is 230 g/mol. The van der Waals surface area contributed by atoms with E-state index < -0.39 is 0 Å². The number of rotatable bonds is 3. The van der Waals surface area contributed by atoms with Gasteiger partial charge in [-0.3, -0.25) is 9.59 Å². The van der Waals surface area contributed by atoms with Crippen LogP contribution in [0.25, 0.3) is 0 Å². The number of hydrogen-bond acceptors (Lipinski definition) is 3. The first-order chi connectivity index (χ1) is 8.58. The Kier molecular flexibility index (Phi) is 3.65. The van der Waals surface area contributed by atoms with Crippen molar-refractivity contribution in [2.24, 2.45) is 0 Å². The molecule has 1 heterocycles. The molecule has 2 rings (SSSR count). The van der Waals surface area contributed by atoms with Crippen LogP contribution in [0.2, 0.25) is 0 Å². The monoisotopic (exact) mass is 247 g/mol. The third kappa shape index (κ3) is 2.70. The molecule has 18 heavy (non-hydrogen) atoms. The SMILES string of the molecule is CC(=O)O[C@@H]1CC(=O)N([C@@H](C)c2ccccc2)C1. The molecule has 96 valence electrons. The van der Waals surface area contributed by atoms with E-state index in [1.807, 2.05) is 37.3 Å². The average molecular weight is 247 g/mol. The summed E-state index contributed by atoms with van der Waals surface area (Å²) in [5, 5.41) is 0. The molecule has 1 aliphatic heterocycles. The number of amides is 1. The lowest BCUT2D eigenvalue weighted by molar-refractivity contribution is -0.145. The van der Waals surface area contributed by atoms with E-state index in [0.29, 0.717) is 6.54 Å². The minimum atomic E-state index is -0.331. The first kappa shape index (κ1) is 12.6. The van der Waals surface area contributed by atoms with E-state index in [0.717, 1.165) is 5.56 Å². The Morgan fingerprint density at radius 2 is 2.06 bits per heavy atom. The number of carbonyl (C=O) groups excluding carboxylic acids is 2. The van der Waals surface area contributed by atoms with Gasteiger partial charge in [0.1, 0.15) is 6.10 Å². The van der Waals surface area contributed by atoms with Crippen molar-refractivity contribution in [2.45, 2.75) is 32.4 Å². The highest BCUT2D eigenvalue weighted by molar-refractivity contribution is 5.80. The van der Waals surface area contributed by atoms with Crippen molar-refractivity contribution in [3.8, 4) is 0 Å². The Morgan fingerprint density at radius 3 is 2.67 bits per heavy atom. The first-order valence-electron chi connectivity index (χ1n) is 6.09. The number of nitrogens with zero attached hydrogens (tertiary/aromatic N) is 1. The Morgan fingerprint density at radius 1 is 1.39 bits per heavy atom. The van der Waals surface area contributed by atoms with E-state index in [4.69, 9.17) is 4.74 Å². The standard InChI is InChI=1S/C14H17NO3/c1-10(12-6-4-3-5-7-12)15-9-13(8-14(15)17)18-11(2)16/h3-7,10,13H,8-9H2,1-2H3/t10-,13+/m0/s1. The molecular formula is C14H17NO3. The summed E-state index contributed by atoms with van der Waals surface area (Å²) >= 11 is 0. The molecule has 2 atom stereocenters. The van der Waals surface area contributed by atoms with E-state index in [1.165, 1.54) is 6.92 Å². The van der Waals surface area contributed by atoms with Crippen LogP contribution in [0.1, 0.15) is 31.9 Å². The second-order valence-electron chi connectivity index (χ2n) is 4.57. The van der Waals surface area contributed by atoms with Gasteiger partial charge in [0.25, 0.3) is 0 Å². The Bertz CT molecular complexity index is 444. The zero-order valence-corrected chi connectivity index (χ0v) is 10.6. The van der Waals surface area contributed by atoms with Crippen LogP contribution in [0.15, 0.2) is 30.3 Å². The number of likely N-dealkylation sites (tertiary alicyclic amines) is 1. The van der Waals surface area contributed by atoms with Crippen molar-refractivity contribution in [1.29, 1.82) is 0 Å². The number of hydrogen-bond donors (Lipinski definition) is 0. The number of ether oxygens (including phenoxy) is 1. The number of carbonyl (C=O) groups is 2. The fourth-order valence-corrected chi connectivity index (χ4v) is 2.30. The van der Waals surface area contributed by atoms with E-state index >= 15 is 0 Å². The molecule has 0 radical (unpaired) electrons. The molecule has 1 fully saturated rings. The summed E-state index contributed by atoms with van der Waals surface area (Å²) < 4.78 is 5.10. The fourth-order valence-electron chi connectivity index (χ4n) is 2.30. The molecule has 0 bridgehead atoms. The molecule has 0 spiro atoms. The maximum absolute atomic E-state index is 11.9. The Balaban J connectivity index is 2.06. The van der Waals surface area contributed by atoms with Crippen LogP contribution in [0.3, 0.4) is 0 Å². The molecule has 1 aromatic carbocycles. The second-order valence-corrected chi connectivity index (χ2v) is 4.57. The molecule has 0 N–H and O–H groups in total. The molecule has 1 aliphatic rings. The molecule has 0 aromatic heterocycles. The van der Waals surface area contributed by atoms with Crippen LogP contribution in [-0.2, 0) is 14.3 Å². The van der Waals surface area contributed by atoms with Gasteiger partial charge in [-0.05, 0) is 12.5 Å². The minimum absolute atomic E-state index is 0.0132. The summed E-state index contributed by atoms with van der Waals surface area (Å²) in [6, 6.07) is 9.86. The van der Waals surface area contributed by atoms with Gasteiger partial charge in [0.15, 0.2) is 0 Å². The summed E-state index contributed by atoms with van der Waals surface area (Å²) in [5.74, 6) is -0.292. The van der Waals surface area contributed by atoms with E-state index in [1.54, 1.807) is 4.90 Å². The van der Waals surface area contributed by atoms with Crippen LogP contribution < -0.4 is 0 Å². The number of benzene rings is 1. The molecule has 0 aliphatic carbocycles. The van der Waals surface area contributed by atoms with E-state index in [2.05, 4.69) is 0 Å². The molecule has 4 nitrogen and oxygen atoms in total. The van der Waals surface area contributed by atoms with Crippen molar-refractivity contribution in [1.82, 2.24) is 4.90 Å². The first-order valence-corrected chi connectivity index (χ1v) is 6.09. The molecule has 0 saturated carbocycles. The molecule has 4 heteroatoms. The highest BCUT2D eigenvalue weighted by Crippen LogP contribution is 2.26. The van der Waals surface area contributed by atoms with Gasteiger partial charge in [-0.15, -0.1) is 0 Å². The van der Waals surface area contributed by atoms with Crippen LogP contribution in [0, 0.1) is 0 Å². The molecule has 1 aromatic rings. The lowest BCUT2D eigenvalue weighted by atomic mass is 10.1.